The molecular weight excluding hydrogens is 300 g/mol. The first-order valence-corrected chi connectivity index (χ1v) is 8.06. The highest BCUT2D eigenvalue weighted by molar-refractivity contribution is 6.06. The smallest absolute Gasteiger partial charge is 0.258 e. The minimum Gasteiger partial charge on any atom is -0.388 e. The van der Waals surface area contributed by atoms with Crippen molar-refractivity contribution < 1.29 is 9.90 Å². The summed E-state index contributed by atoms with van der Waals surface area (Å²) < 4.78 is 2.00. The average molecular weight is 318 g/mol. The van der Waals surface area contributed by atoms with E-state index in [0.717, 1.165) is 16.9 Å². The van der Waals surface area contributed by atoms with E-state index in [1.165, 1.54) is 0 Å². The van der Waals surface area contributed by atoms with Crippen molar-refractivity contribution in [3.8, 4) is 5.69 Å². The number of hydrogen-bond donors (Lipinski definition) is 1. The minimum atomic E-state index is -0.499. The second-order valence-corrected chi connectivity index (χ2v) is 5.96. The highest BCUT2D eigenvalue weighted by atomic mass is 16.3. The molecule has 1 atom stereocenters. The van der Waals surface area contributed by atoms with E-state index >= 15 is 0 Å². The lowest BCUT2D eigenvalue weighted by molar-refractivity contribution is 0.0970. The summed E-state index contributed by atoms with van der Waals surface area (Å²) in [7, 11) is 0. The number of benzene rings is 2. The van der Waals surface area contributed by atoms with Crippen molar-refractivity contribution in [3.63, 3.8) is 0 Å². The molecule has 4 rings (SSSR count). The van der Waals surface area contributed by atoms with Crippen LogP contribution in [0.4, 0.5) is 5.69 Å². The van der Waals surface area contributed by atoms with Gasteiger partial charge in [0.2, 0.25) is 0 Å². The molecule has 1 N–H and O–H groups in total. The lowest BCUT2D eigenvalue weighted by atomic mass is 9.98. The van der Waals surface area contributed by atoms with Gasteiger partial charge in [0.25, 0.3) is 5.91 Å². The zero-order valence-electron chi connectivity index (χ0n) is 13.2. The Kier molecular flexibility index (Phi) is 3.67. The molecule has 3 aromatic rings. The molecule has 1 aromatic heterocycles. The monoisotopic (exact) mass is 318 g/mol. The van der Waals surface area contributed by atoms with Crippen LogP contribution < -0.4 is 4.90 Å². The molecule has 0 saturated heterocycles. The van der Waals surface area contributed by atoms with Gasteiger partial charge in [-0.1, -0.05) is 18.2 Å². The minimum absolute atomic E-state index is 0.0339. The van der Waals surface area contributed by atoms with Crippen LogP contribution >= 0.6 is 0 Å². The molecule has 1 aliphatic heterocycles. The Hall–Kier alpha value is -2.85. The fourth-order valence-electron chi connectivity index (χ4n) is 3.19. The molecule has 0 radical (unpaired) electrons. The molecule has 2 aromatic carbocycles. The van der Waals surface area contributed by atoms with Crippen molar-refractivity contribution in [1.29, 1.82) is 0 Å². The number of fused-ring (bicyclic) bond motifs is 1. The predicted molar refractivity (Wildman–Crippen MR) is 93.5 cm³/mol. The second-order valence-electron chi connectivity index (χ2n) is 5.96. The molecule has 1 unspecified atom stereocenters. The van der Waals surface area contributed by atoms with Gasteiger partial charge in [0, 0.05) is 41.4 Å². The molecule has 1 amide bonds. The second kappa shape index (κ2) is 5.98. The van der Waals surface area contributed by atoms with Crippen molar-refractivity contribution in [2.24, 2.45) is 0 Å². The van der Waals surface area contributed by atoms with Crippen LogP contribution in [0.15, 0.2) is 73.1 Å². The summed E-state index contributed by atoms with van der Waals surface area (Å²) >= 11 is 0. The van der Waals surface area contributed by atoms with E-state index in [2.05, 4.69) is 0 Å². The number of nitrogens with zero attached hydrogens (tertiary/aromatic N) is 2. The molecule has 1 aliphatic rings. The molecule has 24 heavy (non-hydrogen) atoms. The first kappa shape index (κ1) is 14.7. The van der Waals surface area contributed by atoms with Crippen molar-refractivity contribution in [1.82, 2.24) is 4.57 Å². The summed E-state index contributed by atoms with van der Waals surface area (Å²) in [5.74, 6) is -0.0339. The van der Waals surface area contributed by atoms with E-state index in [1.54, 1.807) is 4.90 Å². The highest BCUT2D eigenvalue weighted by Gasteiger charge is 2.27. The third-order valence-corrected chi connectivity index (χ3v) is 4.47. The molecule has 0 spiro atoms. The molecule has 2 heterocycles. The number of para-hydroxylation sites is 1. The molecular formula is C20H18N2O2. The number of rotatable bonds is 2. The van der Waals surface area contributed by atoms with Crippen LogP contribution in [-0.4, -0.2) is 22.1 Å². The molecule has 0 aliphatic carbocycles. The molecule has 120 valence electrons. The van der Waals surface area contributed by atoms with Gasteiger partial charge < -0.3 is 14.6 Å². The van der Waals surface area contributed by atoms with E-state index in [1.807, 2.05) is 77.6 Å². The Bertz CT molecular complexity index is 854. The predicted octanol–water partition coefficient (Wildman–Crippen LogP) is 3.56. The van der Waals surface area contributed by atoms with Crippen LogP contribution in [0.3, 0.4) is 0 Å². The van der Waals surface area contributed by atoms with Crippen molar-refractivity contribution in [3.05, 3.63) is 84.2 Å². The quantitative estimate of drug-likeness (QED) is 0.785. The third-order valence-electron chi connectivity index (χ3n) is 4.47. The fraction of sp³-hybridized carbons (Fsp3) is 0.150. The van der Waals surface area contributed by atoms with Gasteiger partial charge in [-0.2, -0.15) is 0 Å². The lowest BCUT2D eigenvalue weighted by Crippen LogP contribution is -2.36. The van der Waals surface area contributed by atoms with E-state index < -0.39 is 6.10 Å². The van der Waals surface area contributed by atoms with Crippen LogP contribution in [0, 0.1) is 0 Å². The maximum atomic E-state index is 12.9. The normalized spacial score (nSPS) is 16.7. The summed E-state index contributed by atoms with van der Waals surface area (Å²) in [6, 6.07) is 19.1. The van der Waals surface area contributed by atoms with Crippen molar-refractivity contribution in [2.45, 2.75) is 12.5 Å². The third kappa shape index (κ3) is 2.51. The Balaban J connectivity index is 1.64. The number of aromatic nitrogens is 1. The van der Waals surface area contributed by atoms with Crippen molar-refractivity contribution in [2.75, 3.05) is 11.4 Å². The first-order chi connectivity index (χ1) is 11.7. The molecule has 4 nitrogen and oxygen atoms in total. The van der Waals surface area contributed by atoms with Gasteiger partial charge in [-0.05, 0) is 48.9 Å². The van der Waals surface area contributed by atoms with Crippen LogP contribution in [0.1, 0.15) is 28.4 Å². The Morgan fingerprint density at radius 3 is 2.42 bits per heavy atom. The number of hydrogen-bond acceptors (Lipinski definition) is 2. The molecule has 0 bridgehead atoms. The fourth-order valence-corrected chi connectivity index (χ4v) is 3.19. The highest BCUT2D eigenvalue weighted by Crippen LogP contribution is 2.34. The number of aliphatic hydroxyl groups excluding tert-OH is 1. The van der Waals surface area contributed by atoms with Gasteiger partial charge in [-0.25, -0.2) is 0 Å². The first-order valence-electron chi connectivity index (χ1n) is 8.06. The number of carbonyl (C=O) groups is 1. The van der Waals surface area contributed by atoms with Gasteiger partial charge in [0.1, 0.15) is 0 Å². The molecule has 0 fully saturated rings. The number of carbonyl (C=O) groups excluding carboxylic acids is 1. The van der Waals surface area contributed by atoms with Gasteiger partial charge in [0.15, 0.2) is 0 Å². The summed E-state index contributed by atoms with van der Waals surface area (Å²) in [4.78, 5) is 14.7. The summed E-state index contributed by atoms with van der Waals surface area (Å²) in [6.07, 6.45) is 4.00. The SMILES string of the molecule is O=C(c1ccc(-n2cccc2)cc1)N1CCC(O)c2ccccc21. The molecule has 4 heteroatoms. The van der Waals surface area contributed by atoms with Gasteiger partial charge in [-0.15, -0.1) is 0 Å². The summed E-state index contributed by atoms with van der Waals surface area (Å²) in [5.41, 5.74) is 3.29. The van der Waals surface area contributed by atoms with Crippen LogP contribution in [0.5, 0.6) is 0 Å². The largest absolute Gasteiger partial charge is 0.388 e. The number of aliphatic hydroxyl groups is 1. The topological polar surface area (TPSA) is 45.5 Å². The van der Waals surface area contributed by atoms with E-state index in [4.69, 9.17) is 0 Å². The summed E-state index contributed by atoms with van der Waals surface area (Å²) in [5, 5.41) is 10.1. The van der Waals surface area contributed by atoms with Crippen LogP contribution in [0.2, 0.25) is 0 Å². The Morgan fingerprint density at radius 2 is 1.67 bits per heavy atom. The van der Waals surface area contributed by atoms with E-state index in [9.17, 15) is 9.90 Å². The molecule has 0 saturated carbocycles. The van der Waals surface area contributed by atoms with Crippen LogP contribution in [0.25, 0.3) is 5.69 Å². The van der Waals surface area contributed by atoms with Crippen molar-refractivity contribution >= 4 is 11.6 Å². The number of amides is 1. The zero-order chi connectivity index (χ0) is 16.5. The number of anilines is 1. The van der Waals surface area contributed by atoms with Gasteiger partial charge in [-0.3, -0.25) is 4.79 Å². The maximum absolute atomic E-state index is 12.9. The Morgan fingerprint density at radius 1 is 0.958 bits per heavy atom. The van der Waals surface area contributed by atoms with Crippen LogP contribution in [-0.2, 0) is 0 Å². The van der Waals surface area contributed by atoms with E-state index in [-0.39, 0.29) is 5.91 Å². The van der Waals surface area contributed by atoms with Gasteiger partial charge in [0.05, 0.1) is 6.10 Å². The average Bonchev–Trinajstić information content (AvgIpc) is 3.17. The summed E-state index contributed by atoms with van der Waals surface area (Å²) in [6.45, 7) is 0.524. The zero-order valence-corrected chi connectivity index (χ0v) is 13.2. The van der Waals surface area contributed by atoms with Gasteiger partial charge >= 0.3 is 0 Å². The standard InChI is InChI=1S/C20H18N2O2/c23-19-11-14-22(18-6-2-1-5-17(18)19)20(24)15-7-9-16(10-8-15)21-12-3-4-13-21/h1-10,12-13,19,23H,11,14H2. The Labute approximate surface area is 140 Å². The maximum Gasteiger partial charge on any atom is 0.258 e. The van der Waals surface area contributed by atoms with E-state index in [0.29, 0.717) is 18.5 Å². The lowest BCUT2D eigenvalue weighted by Gasteiger charge is -2.32.